The minimum absolute atomic E-state index is 0.0213. The summed E-state index contributed by atoms with van der Waals surface area (Å²) in [6.45, 7) is 0. The van der Waals surface area contributed by atoms with Gasteiger partial charge in [-0.2, -0.15) is 5.26 Å². The fourth-order valence-corrected chi connectivity index (χ4v) is 5.98. The Hall–Kier alpha value is -3.16. The van der Waals surface area contributed by atoms with Crippen molar-refractivity contribution in [1.29, 1.82) is 5.26 Å². The number of nitriles is 1. The summed E-state index contributed by atoms with van der Waals surface area (Å²) in [7, 11) is 0. The van der Waals surface area contributed by atoms with Crippen LogP contribution >= 0.6 is 11.3 Å². The number of anilines is 1. The molecule has 34 heavy (non-hydrogen) atoms. The number of fused-ring (bicyclic) bond motifs is 2. The number of nitrogens with one attached hydrogen (secondary N) is 1. The number of aromatic nitrogens is 4. The van der Waals surface area contributed by atoms with Gasteiger partial charge in [0, 0.05) is 24.3 Å². The monoisotopic (exact) mass is 477 g/mol. The number of phenolic OH excluding ortho intramolecular Hbond substituents is 1. The second kappa shape index (κ2) is 8.56. The van der Waals surface area contributed by atoms with Gasteiger partial charge in [0.05, 0.1) is 22.7 Å². The molecule has 3 aliphatic rings. The van der Waals surface area contributed by atoms with Gasteiger partial charge in [0.15, 0.2) is 16.6 Å². The van der Waals surface area contributed by atoms with Crippen LogP contribution in [0.15, 0.2) is 30.6 Å². The van der Waals surface area contributed by atoms with Crippen LogP contribution < -0.4 is 10.2 Å². The Kier molecular flexibility index (Phi) is 5.38. The highest BCUT2D eigenvalue weighted by Gasteiger charge is 2.46. The number of thiazole rings is 1. The molecule has 2 aliphatic heterocycles. The largest absolute Gasteiger partial charge is 0.507 e. The summed E-state index contributed by atoms with van der Waals surface area (Å²) in [5.74, 6) is 0.932. The first kappa shape index (κ1) is 21.4. The molecule has 10 heteroatoms. The fraction of sp³-hybridized carbons (Fsp3) is 0.458. The van der Waals surface area contributed by atoms with E-state index in [0.717, 1.165) is 49.0 Å². The molecular weight excluding hydrogens is 453 g/mol. The van der Waals surface area contributed by atoms with Gasteiger partial charge in [-0.25, -0.2) is 14.4 Å². The lowest BCUT2D eigenvalue weighted by atomic mass is 9.82. The normalized spacial score (nSPS) is 26.1. The van der Waals surface area contributed by atoms with E-state index in [2.05, 4.69) is 30.4 Å². The summed E-state index contributed by atoms with van der Waals surface area (Å²) in [6.07, 6.45) is 8.21. The van der Waals surface area contributed by atoms with Gasteiger partial charge in [-0.05, 0) is 49.8 Å². The SMILES string of the molecule is N#Cc1ncc(-c2ccc(-c3ncc(N(C4CC4)[C@H]4C[C@H]5CCC[C@H](N5)[C@H]4F)nn3)c(O)c2)s1. The van der Waals surface area contributed by atoms with Crippen molar-refractivity contribution in [3.63, 3.8) is 0 Å². The molecule has 4 heterocycles. The summed E-state index contributed by atoms with van der Waals surface area (Å²) < 4.78 is 15.4. The van der Waals surface area contributed by atoms with E-state index in [1.165, 1.54) is 11.3 Å². The van der Waals surface area contributed by atoms with Crippen LogP contribution in [0.3, 0.4) is 0 Å². The summed E-state index contributed by atoms with van der Waals surface area (Å²) in [6, 6.07) is 7.54. The lowest BCUT2D eigenvalue weighted by molar-refractivity contribution is 0.104. The Labute approximate surface area is 200 Å². The second-order valence-electron chi connectivity index (χ2n) is 9.30. The quantitative estimate of drug-likeness (QED) is 0.570. The first-order chi connectivity index (χ1) is 16.6. The van der Waals surface area contributed by atoms with Crippen LogP contribution in [-0.2, 0) is 0 Å². The van der Waals surface area contributed by atoms with Crippen LogP contribution in [0, 0.1) is 11.3 Å². The molecule has 0 radical (unpaired) electrons. The highest BCUT2D eigenvalue weighted by Crippen LogP contribution is 2.39. The molecule has 1 aliphatic carbocycles. The molecule has 6 rings (SSSR count). The fourth-order valence-electron chi connectivity index (χ4n) is 5.27. The van der Waals surface area contributed by atoms with E-state index < -0.39 is 6.17 Å². The number of benzene rings is 1. The molecule has 2 bridgehead atoms. The van der Waals surface area contributed by atoms with Gasteiger partial charge in [0.25, 0.3) is 0 Å². The number of phenols is 1. The molecule has 8 nitrogen and oxygen atoms in total. The van der Waals surface area contributed by atoms with Crippen molar-refractivity contribution in [2.75, 3.05) is 4.90 Å². The van der Waals surface area contributed by atoms with Crippen LogP contribution in [0.1, 0.15) is 43.5 Å². The molecular formula is C24H24FN7OS. The predicted octanol–water partition coefficient (Wildman–Crippen LogP) is 3.83. The van der Waals surface area contributed by atoms with Crippen molar-refractivity contribution in [1.82, 2.24) is 25.5 Å². The maximum Gasteiger partial charge on any atom is 0.194 e. The molecule has 4 atom stereocenters. The van der Waals surface area contributed by atoms with E-state index in [0.29, 0.717) is 28.3 Å². The van der Waals surface area contributed by atoms with Crippen LogP contribution in [0.25, 0.3) is 21.8 Å². The number of hydrogen-bond acceptors (Lipinski definition) is 9. The smallest absolute Gasteiger partial charge is 0.194 e. The second-order valence-corrected chi connectivity index (χ2v) is 10.3. The minimum atomic E-state index is -0.941. The number of aromatic hydroxyl groups is 1. The molecule has 1 aromatic carbocycles. The number of piperidine rings is 2. The van der Waals surface area contributed by atoms with Crippen molar-refractivity contribution in [3.8, 4) is 33.6 Å². The van der Waals surface area contributed by atoms with Crippen molar-refractivity contribution in [3.05, 3.63) is 35.6 Å². The molecule has 0 amide bonds. The maximum absolute atomic E-state index is 15.4. The number of nitrogens with zero attached hydrogens (tertiary/aromatic N) is 6. The Balaban J connectivity index is 1.25. The van der Waals surface area contributed by atoms with Crippen molar-refractivity contribution >= 4 is 17.2 Å². The maximum atomic E-state index is 15.4. The Bertz CT molecular complexity index is 1240. The predicted molar refractivity (Wildman–Crippen MR) is 126 cm³/mol. The average molecular weight is 478 g/mol. The van der Waals surface area contributed by atoms with E-state index in [1.807, 2.05) is 12.1 Å². The number of rotatable bonds is 5. The highest BCUT2D eigenvalue weighted by atomic mass is 32.1. The van der Waals surface area contributed by atoms with Crippen LogP contribution in [0.2, 0.25) is 0 Å². The van der Waals surface area contributed by atoms with Gasteiger partial charge in [-0.1, -0.05) is 12.5 Å². The molecule has 3 fully saturated rings. The summed E-state index contributed by atoms with van der Waals surface area (Å²) >= 11 is 1.26. The third-order valence-electron chi connectivity index (χ3n) is 7.03. The third-order valence-corrected chi connectivity index (χ3v) is 7.98. The summed E-state index contributed by atoms with van der Waals surface area (Å²) in [5, 5.41) is 32.2. The average Bonchev–Trinajstić information content (AvgIpc) is 3.57. The molecule has 1 saturated carbocycles. The molecule has 2 aromatic heterocycles. The zero-order valence-electron chi connectivity index (χ0n) is 18.4. The minimum Gasteiger partial charge on any atom is -0.507 e. The Morgan fingerprint density at radius 3 is 2.74 bits per heavy atom. The first-order valence-corrected chi connectivity index (χ1v) is 12.5. The zero-order chi connectivity index (χ0) is 23.2. The van der Waals surface area contributed by atoms with Gasteiger partial charge >= 0.3 is 0 Å². The van der Waals surface area contributed by atoms with Gasteiger partial charge < -0.3 is 15.3 Å². The number of halogens is 1. The van der Waals surface area contributed by atoms with E-state index in [1.54, 1.807) is 24.5 Å². The zero-order valence-corrected chi connectivity index (χ0v) is 19.2. The standard InChI is InChI=1S/C24H24FN7OS/c25-23-17-3-1-2-14(29-17)9-18(23)32(15-5-6-15)21-12-28-24(31-30-21)16-7-4-13(8-19(16)33)20-11-27-22(10-26)34-20/h4,7-8,11-12,14-15,17-18,23,29,33H,1-3,5-6,9H2/t14-,17+,18+,23-/m1/s1. The first-order valence-electron chi connectivity index (χ1n) is 11.7. The van der Waals surface area contributed by atoms with Gasteiger partial charge in [-0.15, -0.1) is 21.5 Å². The van der Waals surface area contributed by atoms with Gasteiger partial charge in [0.2, 0.25) is 0 Å². The third kappa shape index (κ3) is 3.89. The van der Waals surface area contributed by atoms with Crippen LogP contribution in [0.4, 0.5) is 10.2 Å². The van der Waals surface area contributed by atoms with Crippen molar-refractivity contribution < 1.29 is 9.50 Å². The van der Waals surface area contributed by atoms with E-state index in [4.69, 9.17) is 5.26 Å². The Morgan fingerprint density at radius 2 is 2.03 bits per heavy atom. The molecule has 0 unspecified atom stereocenters. The van der Waals surface area contributed by atoms with Crippen molar-refractivity contribution in [2.24, 2.45) is 0 Å². The molecule has 174 valence electrons. The molecule has 2 N–H and O–H groups in total. The van der Waals surface area contributed by atoms with Crippen LogP contribution in [0.5, 0.6) is 5.75 Å². The number of alkyl halides is 1. The van der Waals surface area contributed by atoms with Gasteiger partial charge in [0.1, 0.15) is 18.0 Å². The lowest BCUT2D eigenvalue weighted by Crippen LogP contribution is -2.62. The van der Waals surface area contributed by atoms with Crippen LogP contribution in [-0.4, -0.2) is 55.6 Å². The lowest BCUT2D eigenvalue weighted by Gasteiger charge is -2.47. The highest BCUT2D eigenvalue weighted by molar-refractivity contribution is 7.15. The molecule has 3 aromatic rings. The molecule has 2 saturated heterocycles. The topological polar surface area (TPSA) is 111 Å². The van der Waals surface area contributed by atoms with E-state index in [-0.39, 0.29) is 23.9 Å². The number of hydrogen-bond donors (Lipinski definition) is 2. The summed E-state index contributed by atoms with van der Waals surface area (Å²) in [5.41, 5.74) is 1.22. The van der Waals surface area contributed by atoms with Crippen molar-refractivity contribution in [2.45, 2.75) is 68.9 Å². The molecule has 0 spiro atoms. The van der Waals surface area contributed by atoms with Gasteiger partial charge in [-0.3, -0.25) is 0 Å². The van der Waals surface area contributed by atoms with E-state index >= 15 is 4.39 Å². The summed E-state index contributed by atoms with van der Waals surface area (Å²) in [4.78, 5) is 11.4. The van der Waals surface area contributed by atoms with E-state index in [9.17, 15) is 5.11 Å². The Morgan fingerprint density at radius 1 is 1.15 bits per heavy atom.